The summed E-state index contributed by atoms with van der Waals surface area (Å²) in [5.41, 5.74) is -0.471. The van der Waals surface area contributed by atoms with Crippen molar-refractivity contribution in [2.24, 2.45) is 11.8 Å². The number of halogens is 1. The molecule has 6 rings (SSSR count). The van der Waals surface area contributed by atoms with Gasteiger partial charge in [-0.1, -0.05) is 6.07 Å². The number of fused-ring (bicyclic) bond motifs is 5. The Balaban J connectivity index is 1.40. The zero-order chi connectivity index (χ0) is 24.5. The summed E-state index contributed by atoms with van der Waals surface area (Å²) >= 11 is 0. The summed E-state index contributed by atoms with van der Waals surface area (Å²) in [5, 5.41) is 15.0. The number of carboxylic acids is 1. The predicted octanol–water partition coefficient (Wildman–Crippen LogP) is 1.34. The molecule has 2 fully saturated rings. The molecule has 0 radical (unpaired) electrons. The highest BCUT2D eigenvalue weighted by atomic mass is 19.1. The third-order valence-electron chi connectivity index (χ3n) is 7.22. The van der Waals surface area contributed by atoms with E-state index in [2.05, 4.69) is 10.6 Å². The molecule has 0 saturated carbocycles. The van der Waals surface area contributed by atoms with Gasteiger partial charge in [-0.25, -0.2) is 4.39 Å². The van der Waals surface area contributed by atoms with Gasteiger partial charge in [-0.05, 0) is 42.3 Å². The summed E-state index contributed by atoms with van der Waals surface area (Å²) < 4.78 is 24.9. The number of carbonyl (C=O) groups excluding carboxylic acids is 3. The molecule has 0 unspecified atom stereocenters. The predicted molar refractivity (Wildman–Crippen MR) is 116 cm³/mol. The molecule has 4 atom stereocenters. The Morgan fingerprint density at radius 3 is 2.71 bits per heavy atom. The molecule has 11 heteroatoms. The van der Waals surface area contributed by atoms with E-state index < -0.39 is 52.9 Å². The minimum atomic E-state index is -1.68. The van der Waals surface area contributed by atoms with Crippen LogP contribution in [0.2, 0.25) is 0 Å². The Morgan fingerprint density at radius 2 is 1.91 bits per heavy atom. The summed E-state index contributed by atoms with van der Waals surface area (Å²) in [7, 11) is 0. The molecule has 4 aliphatic rings. The van der Waals surface area contributed by atoms with Crippen LogP contribution in [0.4, 0.5) is 10.1 Å². The van der Waals surface area contributed by atoms with Crippen molar-refractivity contribution in [1.82, 2.24) is 10.2 Å². The number of nitrogens with zero attached hydrogens (tertiary/aromatic N) is 1. The van der Waals surface area contributed by atoms with Crippen molar-refractivity contribution in [3.63, 3.8) is 0 Å². The van der Waals surface area contributed by atoms with Crippen molar-refractivity contribution < 1.29 is 38.1 Å². The fourth-order valence-corrected chi connectivity index (χ4v) is 5.74. The van der Waals surface area contributed by atoms with Crippen LogP contribution in [0.25, 0.3) is 0 Å². The second-order valence-electron chi connectivity index (χ2n) is 9.09. The van der Waals surface area contributed by atoms with Crippen LogP contribution in [0, 0.1) is 17.7 Å². The van der Waals surface area contributed by atoms with E-state index in [-0.39, 0.29) is 31.7 Å². The third-order valence-corrected chi connectivity index (χ3v) is 7.22. The van der Waals surface area contributed by atoms with Crippen LogP contribution in [0.15, 0.2) is 36.4 Å². The van der Waals surface area contributed by atoms with Gasteiger partial charge >= 0.3 is 5.97 Å². The lowest BCUT2D eigenvalue weighted by Crippen LogP contribution is -2.53. The fraction of sp³-hybridized carbons (Fsp3) is 0.333. The lowest BCUT2D eigenvalue weighted by atomic mass is 9.76. The minimum Gasteiger partial charge on any atom is -0.481 e. The van der Waals surface area contributed by atoms with Crippen molar-refractivity contribution in [2.75, 3.05) is 12.1 Å². The van der Waals surface area contributed by atoms with E-state index in [4.69, 9.17) is 9.47 Å². The number of rotatable bonds is 5. The van der Waals surface area contributed by atoms with Gasteiger partial charge in [0, 0.05) is 23.7 Å². The minimum absolute atomic E-state index is 0.0209. The molecule has 0 bridgehead atoms. The Morgan fingerprint density at radius 1 is 1.11 bits per heavy atom. The summed E-state index contributed by atoms with van der Waals surface area (Å²) in [5.74, 6) is -4.38. The van der Waals surface area contributed by atoms with E-state index in [9.17, 15) is 28.7 Å². The van der Waals surface area contributed by atoms with Crippen molar-refractivity contribution in [2.45, 2.75) is 31.0 Å². The van der Waals surface area contributed by atoms with Gasteiger partial charge in [-0.2, -0.15) is 0 Å². The van der Waals surface area contributed by atoms with Gasteiger partial charge in [0.1, 0.15) is 11.4 Å². The molecule has 1 spiro atoms. The molecule has 0 aliphatic carbocycles. The van der Waals surface area contributed by atoms with E-state index in [0.29, 0.717) is 22.7 Å². The standard InChI is InChI=1S/C24H20FN3O7/c25-12-2-3-14-13(8-12)24(23(33)26-14)20-19(15(27-24)4-6-18(29)30)21(31)28(22(20)32)9-11-1-5-16-17(7-11)35-10-34-16/h1-3,5,7-8,15,19-20,27H,4,6,9-10H2,(H,26,33)(H,29,30)/t15-,19+,20-,24+/m0/s1. The molecule has 2 aromatic rings. The van der Waals surface area contributed by atoms with Gasteiger partial charge in [0.15, 0.2) is 11.5 Å². The van der Waals surface area contributed by atoms with E-state index in [0.717, 1.165) is 4.90 Å². The molecular weight excluding hydrogens is 461 g/mol. The molecule has 3 N–H and O–H groups in total. The zero-order valence-electron chi connectivity index (χ0n) is 18.2. The number of likely N-dealkylation sites (tertiary alicyclic amines) is 1. The van der Waals surface area contributed by atoms with Crippen LogP contribution in [0.3, 0.4) is 0 Å². The quantitative estimate of drug-likeness (QED) is 0.545. The summed E-state index contributed by atoms with van der Waals surface area (Å²) in [4.78, 5) is 53.0. The lowest BCUT2D eigenvalue weighted by molar-refractivity contribution is -0.144. The number of amides is 3. The van der Waals surface area contributed by atoms with Gasteiger partial charge < -0.3 is 19.9 Å². The van der Waals surface area contributed by atoms with Gasteiger partial charge in [-0.3, -0.25) is 29.4 Å². The Hall–Kier alpha value is -3.99. The van der Waals surface area contributed by atoms with Crippen molar-refractivity contribution >= 4 is 29.4 Å². The van der Waals surface area contributed by atoms with E-state index in [1.165, 1.54) is 18.2 Å². The molecule has 0 aromatic heterocycles. The fourth-order valence-electron chi connectivity index (χ4n) is 5.74. The normalized spacial score (nSPS) is 28.0. The highest BCUT2D eigenvalue weighted by Crippen LogP contribution is 2.53. The summed E-state index contributed by atoms with van der Waals surface area (Å²) in [6, 6.07) is 8.09. The SMILES string of the molecule is O=C(O)CC[C@@H]1N[C@@]2(C(=O)Nc3ccc(F)cc32)[C@@H]2C(=O)N(Cc3ccc4c(c3)OCO4)C(=O)[C@H]12. The van der Waals surface area contributed by atoms with Crippen molar-refractivity contribution in [3.05, 3.63) is 53.3 Å². The summed E-state index contributed by atoms with van der Waals surface area (Å²) in [6.45, 7) is 0.0235. The topological polar surface area (TPSA) is 134 Å². The van der Waals surface area contributed by atoms with Crippen LogP contribution in [0.5, 0.6) is 11.5 Å². The second kappa shape index (κ2) is 7.51. The maximum Gasteiger partial charge on any atom is 0.303 e. The molecule has 180 valence electrons. The first-order valence-electron chi connectivity index (χ1n) is 11.1. The van der Waals surface area contributed by atoms with Crippen LogP contribution in [-0.2, 0) is 31.3 Å². The first-order chi connectivity index (χ1) is 16.8. The number of hydrogen-bond donors (Lipinski definition) is 3. The zero-order valence-corrected chi connectivity index (χ0v) is 18.2. The third kappa shape index (κ3) is 3.04. The molecule has 10 nitrogen and oxygen atoms in total. The lowest BCUT2D eigenvalue weighted by Gasteiger charge is -2.29. The number of imide groups is 1. The first kappa shape index (κ1) is 21.5. The Kier molecular flexibility index (Phi) is 4.62. The smallest absolute Gasteiger partial charge is 0.303 e. The maximum absolute atomic E-state index is 14.2. The van der Waals surface area contributed by atoms with Gasteiger partial charge in [0.25, 0.3) is 0 Å². The molecule has 2 saturated heterocycles. The van der Waals surface area contributed by atoms with E-state index in [1.54, 1.807) is 18.2 Å². The molecule has 4 heterocycles. The van der Waals surface area contributed by atoms with Gasteiger partial charge in [-0.15, -0.1) is 0 Å². The second-order valence-corrected chi connectivity index (χ2v) is 9.09. The highest BCUT2D eigenvalue weighted by molar-refractivity contribution is 6.15. The van der Waals surface area contributed by atoms with Gasteiger partial charge in [0.05, 0.1) is 18.4 Å². The van der Waals surface area contributed by atoms with E-state index >= 15 is 0 Å². The molecular formula is C24H20FN3O7. The monoisotopic (exact) mass is 481 g/mol. The number of hydrogen-bond acceptors (Lipinski definition) is 7. The number of anilines is 1. The average Bonchev–Trinajstić information content (AvgIpc) is 3.55. The van der Waals surface area contributed by atoms with Crippen molar-refractivity contribution in [3.8, 4) is 11.5 Å². The number of aliphatic carboxylic acids is 1. The first-order valence-corrected chi connectivity index (χ1v) is 11.1. The van der Waals surface area contributed by atoms with Crippen LogP contribution >= 0.6 is 0 Å². The molecule has 4 aliphatic heterocycles. The number of carbonyl (C=O) groups is 4. The molecule has 3 amide bonds. The van der Waals surface area contributed by atoms with Crippen molar-refractivity contribution in [1.29, 1.82) is 0 Å². The molecule has 35 heavy (non-hydrogen) atoms. The molecule has 2 aromatic carbocycles. The maximum atomic E-state index is 14.2. The van der Waals surface area contributed by atoms with E-state index in [1.807, 2.05) is 0 Å². The van der Waals surface area contributed by atoms with Crippen LogP contribution < -0.4 is 20.1 Å². The number of carboxylic acid groups (broad SMARTS) is 1. The largest absolute Gasteiger partial charge is 0.481 e. The number of nitrogens with one attached hydrogen (secondary N) is 2. The Labute approximate surface area is 198 Å². The Bertz CT molecular complexity index is 1310. The number of ether oxygens (including phenoxy) is 2. The van der Waals surface area contributed by atoms with Gasteiger partial charge in [0.2, 0.25) is 24.5 Å². The highest BCUT2D eigenvalue weighted by Gasteiger charge is 2.70. The number of benzene rings is 2. The summed E-state index contributed by atoms with van der Waals surface area (Å²) in [6.07, 6.45) is -0.245. The van der Waals surface area contributed by atoms with Crippen LogP contribution in [0.1, 0.15) is 24.0 Å². The van der Waals surface area contributed by atoms with Crippen LogP contribution in [-0.4, -0.2) is 46.5 Å². The average molecular weight is 481 g/mol.